The zero-order chi connectivity index (χ0) is 17.3. The molecular formula is C14H16F3NO4S. The molecule has 0 unspecified atom stereocenters. The number of piperidine rings is 1. The number of benzene rings is 1. The van der Waals surface area contributed by atoms with Crippen LogP contribution in [0.2, 0.25) is 0 Å². The first kappa shape index (κ1) is 17.7. The molecule has 0 aromatic heterocycles. The number of hydrogen-bond acceptors (Lipinski definition) is 3. The lowest BCUT2D eigenvalue weighted by Gasteiger charge is -2.30. The van der Waals surface area contributed by atoms with Crippen molar-refractivity contribution in [3.05, 3.63) is 29.8 Å². The Hall–Kier alpha value is -1.61. The fourth-order valence-corrected chi connectivity index (χ4v) is 4.10. The largest absolute Gasteiger partial charge is 0.481 e. The van der Waals surface area contributed by atoms with E-state index in [-0.39, 0.29) is 25.4 Å². The van der Waals surface area contributed by atoms with Crippen molar-refractivity contribution in [2.75, 3.05) is 13.1 Å². The van der Waals surface area contributed by atoms with Gasteiger partial charge in [0.15, 0.2) is 0 Å². The standard InChI is InChI=1S/C14H16F3NO4S/c15-14(16,17)11-2-1-3-12(9-11)23(21,22)18-6-4-10(5-7-18)8-13(19)20/h1-3,9-10H,4-8H2,(H,19,20). The highest BCUT2D eigenvalue weighted by molar-refractivity contribution is 7.89. The van der Waals surface area contributed by atoms with Crippen LogP contribution in [0.15, 0.2) is 29.2 Å². The maximum absolute atomic E-state index is 12.7. The number of aliphatic carboxylic acids is 1. The molecule has 1 saturated heterocycles. The number of rotatable bonds is 4. The lowest BCUT2D eigenvalue weighted by Crippen LogP contribution is -2.38. The van der Waals surface area contributed by atoms with Gasteiger partial charge in [-0.05, 0) is 37.0 Å². The average molecular weight is 351 g/mol. The lowest BCUT2D eigenvalue weighted by molar-refractivity contribution is -0.139. The quantitative estimate of drug-likeness (QED) is 0.905. The summed E-state index contributed by atoms with van der Waals surface area (Å²) in [6.45, 7) is 0.215. The topological polar surface area (TPSA) is 74.7 Å². The molecule has 0 bridgehead atoms. The summed E-state index contributed by atoms with van der Waals surface area (Å²) in [6.07, 6.45) is -3.88. The van der Waals surface area contributed by atoms with E-state index < -0.39 is 32.6 Å². The third-order valence-electron chi connectivity index (χ3n) is 3.84. The fourth-order valence-electron chi connectivity index (χ4n) is 2.58. The highest BCUT2D eigenvalue weighted by atomic mass is 32.2. The van der Waals surface area contributed by atoms with Crippen molar-refractivity contribution in [3.8, 4) is 0 Å². The Labute approximate surface area is 131 Å². The van der Waals surface area contributed by atoms with Gasteiger partial charge in [-0.15, -0.1) is 0 Å². The fraction of sp³-hybridized carbons (Fsp3) is 0.500. The number of alkyl halides is 3. The predicted octanol–water partition coefficient (Wildman–Crippen LogP) is 2.58. The van der Waals surface area contributed by atoms with Gasteiger partial charge in [-0.2, -0.15) is 17.5 Å². The van der Waals surface area contributed by atoms with E-state index in [0.717, 1.165) is 22.5 Å². The van der Waals surface area contributed by atoms with Gasteiger partial charge in [0.25, 0.3) is 0 Å². The summed E-state index contributed by atoms with van der Waals surface area (Å²) < 4.78 is 64.1. The van der Waals surface area contributed by atoms with Crippen LogP contribution in [0, 0.1) is 5.92 Å². The Kier molecular flexibility index (Phi) is 5.00. The van der Waals surface area contributed by atoms with Crippen LogP contribution >= 0.6 is 0 Å². The smallest absolute Gasteiger partial charge is 0.416 e. The minimum absolute atomic E-state index is 0.0303. The Morgan fingerprint density at radius 3 is 2.39 bits per heavy atom. The molecule has 1 heterocycles. The van der Waals surface area contributed by atoms with Crippen LogP contribution in [0.1, 0.15) is 24.8 Å². The zero-order valence-electron chi connectivity index (χ0n) is 12.1. The van der Waals surface area contributed by atoms with Crippen molar-refractivity contribution < 1.29 is 31.5 Å². The molecule has 1 fully saturated rings. The van der Waals surface area contributed by atoms with E-state index in [1.807, 2.05) is 0 Å². The van der Waals surface area contributed by atoms with Crippen LogP contribution in [-0.2, 0) is 21.0 Å². The number of carboxylic acids is 1. The van der Waals surface area contributed by atoms with E-state index in [9.17, 15) is 26.4 Å². The van der Waals surface area contributed by atoms with E-state index in [1.54, 1.807) is 0 Å². The Balaban J connectivity index is 2.16. The first-order chi connectivity index (χ1) is 10.6. The Morgan fingerprint density at radius 2 is 1.87 bits per heavy atom. The summed E-state index contributed by atoms with van der Waals surface area (Å²) in [5.74, 6) is -1.05. The molecular weight excluding hydrogens is 335 g/mol. The number of carbonyl (C=O) groups is 1. The molecule has 0 amide bonds. The molecule has 23 heavy (non-hydrogen) atoms. The monoisotopic (exact) mass is 351 g/mol. The highest BCUT2D eigenvalue weighted by Crippen LogP contribution is 2.32. The van der Waals surface area contributed by atoms with Crippen LogP contribution in [0.5, 0.6) is 0 Å². The first-order valence-corrected chi connectivity index (χ1v) is 8.44. The van der Waals surface area contributed by atoms with Crippen LogP contribution in [0.25, 0.3) is 0 Å². The second-order valence-corrected chi connectivity index (χ2v) is 7.41. The summed E-state index contributed by atoms with van der Waals surface area (Å²) >= 11 is 0. The van der Waals surface area contributed by atoms with Crippen molar-refractivity contribution in [3.63, 3.8) is 0 Å². The van der Waals surface area contributed by atoms with Gasteiger partial charge in [-0.1, -0.05) is 6.07 Å². The van der Waals surface area contributed by atoms with E-state index >= 15 is 0 Å². The molecule has 0 aliphatic carbocycles. The molecule has 128 valence electrons. The van der Waals surface area contributed by atoms with Crippen molar-refractivity contribution in [1.82, 2.24) is 4.31 Å². The van der Waals surface area contributed by atoms with Crippen molar-refractivity contribution in [2.45, 2.75) is 30.3 Å². The van der Waals surface area contributed by atoms with Gasteiger partial charge in [-0.25, -0.2) is 8.42 Å². The third-order valence-corrected chi connectivity index (χ3v) is 5.73. The zero-order valence-corrected chi connectivity index (χ0v) is 12.9. The lowest BCUT2D eigenvalue weighted by atomic mass is 9.95. The summed E-state index contributed by atoms with van der Waals surface area (Å²) in [6, 6.07) is 3.64. The number of halogens is 3. The molecule has 1 aromatic carbocycles. The number of carboxylic acid groups (broad SMARTS) is 1. The van der Waals surface area contributed by atoms with Crippen molar-refractivity contribution in [1.29, 1.82) is 0 Å². The SMILES string of the molecule is O=C(O)CC1CCN(S(=O)(=O)c2cccc(C(F)(F)F)c2)CC1. The highest BCUT2D eigenvalue weighted by Gasteiger charge is 2.34. The molecule has 2 rings (SSSR count). The van der Waals surface area contributed by atoms with E-state index in [1.165, 1.54) is 0 Å². The molecule has 5 nitrogen and oxygen atoms in total. The van der Waals surface area contributed by atoms with Gasteiger partial charge in [0.1, 0.15) is 0 Å². The van der Waals surface area contributed by atoms with Gasteiger partial charge in [0.05, 0.1) is 10.5 Å². The van der Waals surface area contributed by atoms with Gasteiger partial charge < -0.3 is 5.11 Å². The Morgan fingerprint density at radius 1 is 1.26 bits per heavy atom. The van der Waals surface area contributed by atoms with Crippen molar-refractivity contribution >= 4 is 16.0 Å². The van der Waals surface area contributed by atoms with Gasteiger partial charge in [0, 0.05) is 19.5 Å². The molecule has 0 spiro atoms. The maximum atomic E-state index is 12.7. The average Bonchev–Trinajstić information content (AvgIpc) is 2.46. The molecule has 0 atom stereocenters. The van der Waals surface area contributed by atoms with Crippen LogP contribution in [0.4, 0.5) is 13.2 Å². The van der Waals surface area contributed by atoms with Crippen LogP contribution in [-0.4, -0.2) is 36.9 Å². The maximum Gasteiger partial charge on any atom is 0.416 e. The summed E-state index contributed by atoms with van der Waals surface area (Å²) in [5.41, 5.74) is -1.01. The predicted molar refractivity (Wildman–Crippen MR) is 75.2 cm³/mol. The van der Waals surface area contributed by atoms with Gasteiger partial charge >= 0.3 is 12.1 Å². The van der Waals surface area contributed by atoms with Crippen LogP contribution < -0.4 is 0 Å². The molecule has 1 N–H and O–H groups in total. The van der Waals surface area contributed by atoms with Crippen LogP contribution in [0.3, 0.4) is 0 Å². The number of hydrogen-bond donors (Lipinski definition) is 1. The number of sulfonamides is 1. The second-order valence-electron chi connectivity index (χ2n) is 5.47. The summed E-state index contributed by atoms with van der Waals surface area (Å²) in [5, 5.41) is 8.74. The molecule has 1 aliphatic rings. The summed E-state index contributed by atoms with van der Waals surface area (Å²) in [4.78, 5) is 10.3. The minimum atomic E-state index is -4.61. The van der Waals surface area contributed by atoms with E-state index in [2.05, 4.69) is 0 Å². The van der Waals surface area contributed by atoms with E-state index in [4.69, 9.17) is 5.11 Å². The molecule has 1 aromatic rings. The van der Waals surface area contributed by atoms with Gasteiger partial charge in [0.2, 0.25) is 10.0 Å². The second kappa shape index (κ2) is 6.48. The third kappa shape index (κ3) is 4.23. The van der Waals surface area contributed by atoms with Gasteiger partial charge in [-0.3, -0.25) is 4.79 Å². The molecule has 1 aliphatic heterocycles. The normalized spacial score (nSPS) is 18.0. The number of nitrogens with zero attached hydrogens (tertiary/aromatic N) is 1. The Bertz CT molecular complexity index is 680. The van der Waals surface area contributed by atoms with Crippen molar-refractivity contribution in [2.24, 2.45) is 5.92 Å². The summed E-state index contributed by atoms with van der Waals surface area (Å²) in [7, 11) is -4.01. The van der Waals surface area contributed by atoms with E-state index in [0.29, 0.717) is 18.9 Å². The first-order valence-electron chi connectivity index (χ1n) is 7.00. The minimum Gasteiger partial charge on any atom is -0.481 e. The molecule has 0 saturated carbocycles. The molecule has 0 radical (unpaired) electrons. The molecule has 9 heteroatoms.